The lowest BCUT2D eigenvalue weighted by Gasteiger charge is -2.09. The summed E-state index contributed by atoms with van der Waals surface area (Å²) in [5, 5.41) is 4.83. The zero-order chi connectivity index (χ0) is 12.1. The van der Waals surface area contributed by atoms with Crippen LogP contribution < -0.4 is 10.1 Å². The van der Waals surface area contributed by atoms with Gasteiger partial charge in [-0.3, -0.25) is 4.98 Å². The van der Waals surface area contributed by atoms with Gasteiger partial charge in [0, 0.05) is 18.1 Å². The number of benzene rings is 1. The summed E-state index contributed by atoms with van der Waals surface area (Å²) in [6, 6.07) is 7.52. The van der Waals surface area contributed by atoms with Crippen molar-refractivity contribution in [3.8, 4) is 5.75 Å². The maximum Gasteiger partial charge on any atom is 0.145 e. The molecule has 0 spiro atoms. The van der Waals surface area contributed by atoms with E-state index in [-0.39, 0.29) is 0 Å². The number of rotatable bonds is 5. The van der Waals surface area contributed by atoms with E-state index in [1.807, 2.05) is 24.3 Å². The second-order valence-electron chi connectivity index (χ2n) is 3.65. The first-order chi connectivity index (χ1) is 8.33. The minimum atomic E-state index is 0.626. The van der Waals surface area contributed by atoms with Crippen molar-refractivity contribution in [3.05, 3.63) is 35.5 Å². The van der Waals surface area contributed by atoms with Crippen molar-refractivity contribution >= 4 is 22.5 Å². The van der Waals surface area contributed by atoms with Crippen LogP contribution in [0.4, 0.5) is 0 Å². The molecular weight excluding hydrogens is 236 g/mol. The van der Waals surface area contributed by atoms with E-state index in [1.54, 1.807) is 6.20 Å². The van der Waals surface area contributed by atoms with Gasteiger partial charge in [-0.1, -0.05) is 18.5 Å². The second kappa shape index (κ2) is 5.84. The molecule has 0 saturated carbocycles. The van der Waals surface area contributed by atoms with Crippen molar-refractivity contribution in [3.63, 3.8) is 0 Å². The minimum Gasteiger partial charge on any atom is -0.490 e. The lowest BCUT2D eigenvalue weighted by atomic mass is 10.2. The maximum absolute atomic E-state index is 6.10. The third kappa shape index (κ3) is 2.87. The Morgan fingerprint density at radius 3 is 3.06 bits per heavy atom. The predicted molar refractivity (Wildman–Crippen MR) is 70.8 cm³/mol. The summed E-state index contributed by atoms with van der Waals surface area (Å²) in [5.74, 6) is 0.780. The van der Waals surface area contributed by atoms with Crippen molar-refractivity contribution in [2.75, 3.05) is 19.7 Å². The van der Waals surface area contributed by atoms with Crippen LogP contribution in [0.1, 0.15) is 6.92 Å². The second-order valence-corrected chi connectivity index (χ2v) is 4.05. The molecule has 0 unspecified atom stereocenters. The zero-order valence-electron chi connectivity index (χ0n) is 9.74. The first-order valence-corrected chi connectivity index (χ1v) is 6.07. The van der Waals surface area contributed by atoms with Crippen LogP contribution in [0, 0.1) is 0 Å². The molecule has 0 fully saturated rings. The molecule has 0 aliphatic carbocycles. The molecule has 2 aromatic rings. The van der Waals surface area contributed by atoms with E-state index < -0.39 is 0 Å². The van der Waals surface area contributed by atoms with Crippen LogP contribution in [-0.2, 0) is 0 Å². The quantitative estimate of drug-likeness (QED) is 0.829. The van der Waals surface area contributed by atoms with E-state index in [0.717, 1.165) is 29.7 Å². The fourth-order valence-corrected chi connectivity index (χ4v) is 1.85. The Labute approximate surface area is 106 Å². The van der Waals surface area contributed by atoms with Crippen molar-refractivity contribution in [1.82, 2.24) is 10.3 Å². The normalized spacial score (nSPS) is 10.7. The summed E-state index contributed by atoms with van der Waals surface area (Å²) in [6.45, 7) is 4.47. The Kier molecular flexibility index (Phi) is 4.18. The smallest absolute Gasteiger partial charge is 0.145 e. The molecule has 0 atom stereocenters. The Bertz CT molecular complexity index is 502. The van der Waals surface area contributed by atoms with Crippen LogP contribution in [-0.4, -0.2) is 24.7 Å². The molecule has 2 rings (SSSR count). The van der Waals surface area contributed by atoms with Gasteiger partial charge in [-0.25, -0.2) is 0 Å². The van der Waals surface area contributed by atoms with Crippen LogP contribution in [0.25, 0.3) is 10.9 Å². The molecule has 90 valence electrons. The van der Waals surface area contributed by atoms with Gasteiger partial charge >= 0.3 is 0 Å². The van der Waals surface area contributed by atoms with Crippen molar-refractivity contribution in [1.29, 1.82) is 0 Å². The Morgan fingerprint density at radius 1 is 1.35 bits per heavy atom. The van der Waals surface area contributed by atoms with Gasteiger partial charge < -0.3 is 10.1 Å². The standard InChI is InChI=1S/C13H15ClN2O/c1-2-15-8-9-17-12-6-5-11(14)10-4-3-7-16-13(10)12/h3-7,15H,2,8-9H2,1H3. The van der Waals surface area contributed by atoms with Crippen molar-refractivity contribution < 1.29 is 4.74 Å². The van der Waals surface area contributed by atoms with Crippen LogP contribution in [0.5, 0.6) is 5.75 Å². The summed E-state index contributed by atoms with van der Waals surface area (Å²) < 4.78 is 5.69. The number of hydrogen-bond donors (Lipinski definition) is 1. The third-order valence-corrected chi connectivity index (χ3v) is 2.80. The van der Waals surface area contributed by atoms with E-state index in [0.29, 0.717) is 11.6 Å². The molecule has 1 aromatic heterocycles. The van der Waals surface area contributed by atoms with Crippen LogP contribution in [0.3, 0.4) is 0 Å². The molecular formula is C13H15ClN2O. The van der Waals surface area contributed by atoms with Gasteiger partial charge in [0.05, 0.1) is 5.02 Å². The van der Waals surface area contributed by atoms with E-state index in [9.17, 15) is 0 Å². The van der Waals surface area contributed by atoms with Gasteiger partial charge in [-0.15, -0.1) is 0 Å². The van der Waals surface area contributed by atoms with Crippen molar-refractivity contribution in [2.24, 2.45) is 0 Å². The third-order valence-electron chi connectivity index (χ3n) is 2.47. The first kappa shape index (κ1) is 12.1. The molecule has 3 nitrogen and oxygen atoms in total. The average Bonchev–Trinajstić information content (AvgIpc) is 2.37. The summed E-state index contributed by atoms with van der Waals surface area (Å²) >= 11 is 6.10. The summed E-state index contributed by atoms with van der Waals surface area (Å²) in [6.07, 6.45) is 1.75. The summed E-state index contributed by atoms with van der Waals surface area (Å²) in [7, 11) is 0. The topological polar surface area (TPSA) is 34.1 Å². The van der Waals surface area contributed by atoms with Crippen molar-refractivity contribution in [2.45, 2.75) is 6.92 Å². The molecule has 0 radical (unpaired) electrons. The Morgan fingerprint density at radius 2 is 2.24 bits per heavy atom. The molecule has 0 bridgehead atoms. The molecule has 1 N–H and O–H groups in total. The fourth-order valence-electron chi connectivity index (χ4n) is 1.64. The maximum atomic E-state index is 6.10. The summed E-state index contributed by atoms with van der Waals surface area (Å²) in [4.78, 5) is 4.31. The van der Waals surface area contributed by atoms with Crippen LogP contribution in [0.2, 0.25) is 5.02 Å². The number of ether oxygens (including phenoxy) is 1. The SMILES string of the molecule is CCNCCOc1ccc(Cl)c2cccnc12. The monoisotopic (exact) mass is 250 g/mol. The predicted octanol–water partition coefficient (Wildman–Crippen LogP) is 2.88. The molecule has 1 heterocycles. The first-order valence-electron chi connectivity index (χ1n) is 5.69. The van der Waals surface area contributed by atoms with E-state index in [1.165, 1.54) is 0 Å². The molecule has 4 heteroatoms. The van der Waals surface area contributed by atoms with Gasteiger partial charge in [-0.2, -0.15) is 0 Å². The highest BCUT2D eigenvalue weighted by molar-refractivity contribution is 6.35. The van der Waals surface area contributed by atoms with Gasteiger partial charge in [0.25, 0.3) is 0 Å². The number of nitrogens with one attached hydrogen (secondary N) is 1. The Hall–Kier alpha value is -1.32. The number of pyridine rings is 1. The molecule has 0 saturated heterocycles. The average molecular weight is 251 g/mol. The highest BCUT2D eigenvalue weighted by atomic mass is 35.5. The molecule has 0 aliphatic heterocycles. The van der Waals surface area contributed by atoms with Gasteiger partial charge in [-0.05, 0) is 30.8 Å². The van der Waals surface area contributed by atoms with Gasteiger partial charge in [0.15, 0.2) is 0 Å². The highest BCUT2D eigenvalue weighted by Crippen LogP contribution is 2.29. The van der Waals surface area contributed by atoms with E-state index >= 15 is 0 Å². The Balaban J connectivity index is 2.20. The van der Waals surface area contributed by atoms with Gasteiger partial charge in [0.2, 0.25) is 0 Å². The zero-order valence-corrected chi connectivity index (χ0v) is 10.5. The van der Waals surface area contributed by atoms with E-state index in [4.69, 9.17) is 16.3 Å². The van der Waals surface area contributed by atoms with Crippen LogP contribution in [0.15, 0.2) is 30.5 Å². The number of aromatic nitrogens is 1. The minimum absolute atomic E-state index is 0.626. The molecule has 0 aliphatic rings. The highest BCUT2D eigenvalue weighted by Gasteiger charge is 2.06. The number of hydrogen-bond acceptors (Lipinski definition) is 3. The van der Waals surface area contributed by atoms with Gasteiger partial charge in [0.1, 0.15) is 17.9 Å². The fraction of sp³-hybridized carbons (Fsp3) is 0.308. The molecule has 0 amide bonds. The number of nitrogens with zero attached hydrogens (tertiary/aromatic N) is 1. The largest absolute Gasteiger partial charge is 0.490 e. The molecule has 1 aromatic carbocycles. The summed E-state index contributed by atoms with van der Waals surface area (Å²) in [5.41, 5.74) is 0.816. The lowest BCUT2D eigenvalue weighted by molar-refractivity contribution is 0.318. The number of likely N-dealkylation sites (N-methyl/N-ethyl adjacent to an activating group) is 1. The van der Waals surface area contributed by atoms with E-state index in [2.05, 4.69) is 17.2 Å². The number of halogens is 1. The number of fused-ring (bicyclic) bond motifs is 1. The van der Waals surface area contributed by atoms with Crippen LogP contribution >= 0.6 is 11.6 Å². The molecule has 17 heavy (non-hydrogen) atoms. The lowest BCUT2D eigenvalue weighted by Crippen LogP contribution is -2.20.